The fourth-order valence-electron chi connectivity index (χ4n) is 3.12. The number of nitrogens with zero attached hydrogens (tertiary/aromatic N) is 1. The molecular weight excluding hydrogens is 342 g/mol. The van der Waals surface area contributed by atoms with E-state index in [4.69, 9.17) is 18.5 Å². The third-order valence-corrected chi connectivity index (χ3v) is 7.47. The SMILES string of the molecule is CC(C)O[Si](CCCCCCCCCCCC#N)(OC(C)C)OC(C)C. The van der Waals surface area contributed by atoms with Gasteiger partial charge in [0.2, 0.25) is 0 Å². The topological polar surface area (TPSA) is 51.5 Å². The zero-order chi connectivity index (χ0) is 19.8. The van der Waals surface area contributed by atoms with E-state index in [1.165, 1.54) is 44.9 Å². The van der Waals surface area contributed by atoms with Crippen LogP contribution < -0.4 is 0 Å². The van der Waals surface area contributed by atoms with Crippen molar-refractivity contribution in [3.05, 3.63) is 0 Å². The average Bonchev–Trinajstić information content (AvgIpc) is 2.50. The number of hydrogen-bond acceptors (Lipinski definition) is 4. The summed E-state index contributed by atoms with van der Waals surface area (Å²) in [5.41, 5.74) is 0. The number of hydrogen-bond donors (Lipinski definition) is 0. The Balaban J connectivity index is 4.10. The predicted molar refractivity (Wildman–Crippen MR) is 111 cm³/mol. The van der Waals surface area contributed by atoms with Crippen molar-refractivity contribution in [1.82, 2.24) is 0 Å². The molecule has 26 heavy (non-hydrogen) atoms. The van der Waals surface area contributed by atoms with Gasteiger partial charge in [0.15, 0.2) is 0 Å². The quantitative estimate of drug-likeness (QED) is 0.208. The van der Waals surface area contributed by atoms with Crippen molar-refractivity contribution in [1.29, 1.82) is 5.26 Å². The van der Waals surface area contributed by atoms with E-state index in [0.717, 1.165) is 18.9 Å². The summed E-state index contributed by atoms with van der Waals surface area (Å²) in [5.74, 6) is 0. The molecule has 0 unspecified atom stereocenters. The smallest absolute Gasteiger partial charge is 0.371 e. The highest BCUT2D eigenvalue weighted by Crippen LogP contribution is 2.25. The number of unbranched alkanes of at least 4 members (excludes halogenated alkanes) is 9. The van der Waals surface area contributed by atoms with Crippen LogP contribution in [0.3, 0.4) is 0 Å². The van der Waals surface area contributed by atoms with Gasteiger partial charge in [0.1, 0.15) is 0 Å². The Hall–Kier alpha value is -0.413. The first-order valence-corrected chi connectivity index (χ1v) is 12.6. The van der Waals surface area contributed by atoms with Crippen molar-refractivity contribution < 1.29 is 13.3 Å². The van der Waals surface area contributed by atoms with E-state index in [-0.39, 0.29) is 18.3 Å². The van der Waals surface area contributed by atoms with Gasteiger partial charge in [-0.2, -0.15) is 5.26 Å². The fourth-order valence-corrected chi connectivity index (χ4v) is 6.48. The molecule has 0 aromatic heterocycles. The lowest BCUT2D eigenvalue weighted by atomic mass is 10.1. The molecule has 0 aliphatic carbocycles. The summed E-state index contributed by atoms with van der Waals surface area (Å²) in [6, 6.07) is 3.13. The lowest BCUT2D eigenvalue weighted by Gasteiger charge is -2.34. The molecule has 0 saturated carbocycles. The van der Waals surface area contributed by atoms with E-state index < -0.39 is 8.80 Å². The van der Waals surface area contributed by atoms with Crippen LogP contribution in [0.5, 0.6) is 0 Å². The van der Waals surface area contributed by atoms with Gasteiger partial charge in [-0.05, 0) is 54.4 Å². The standard InChI is InChI=1S/C21H43NO3Si/c1-19(2)23-26(24-20(3)4,25-21(5)6)18-16-14-12-10-8-7-9-11-13-15-17-22/h19-21H,7-16,18H2,1-6H3. The lowest BCUT2D eigenvalue weighted by Crippen LogP contribution is -2.50. The van der Waals surface area contributed by atoms with Gasteiger partial charge in [-0.3, -0.25) is 0 Å². The Morgan fingerprint density at radius 1 is 0.615 bits per heavy atom. The van der Waals surface area contributed by atoms with Gasteiger partial charge in [-0.1, -0.05) is 44.9 Å². The molecule has 0 aromatic carbocycles. The van der Waals surface area contributed by atoms with Crippen LogP contribution in [0.25, 0.3) is 0 Å². The van der Waals surface area contributed by atoms with Crippen molar-refractivity contribution >= 4 is 8.80 Å². The molecule has 0 aliphatic heterocycles. The van der Waals surface area contributed by atoms with Crippen LogP contribution in [0.2, 0.25) is 6.04 Å². The summed E-state index contributed by atoms with van der Waals surface area (Å²) in [6.07, 6.45) is 12.1. The third kappa shape index (κ3) is 14.7. The Morgan fingerprint density at radius 3 is 1.31 bits per heavy atom. The van der Waals surface area contributed by atoms with Crippen molar-refractivity contribution in [2.45, 2.75) is 130 Å². The van der Waals surface area contributed by atoms with Gasteiger partial charge < -0.3 is 13.3 Å². The predicted octanol–water partition coefficient (Wildman–Crippen LogP) is 6.62. The Morgan fingerprint density at radius 2 is 0.962 bits per heavy atom. The van der Waals surface area contributed by atoms with Gasteiger partial charge >= 0.3 is 8.80 Å². The van der Waals surface area contributed by atoms with E-state index in [0.29, 0.717) is 6.42 Å². The molecule has 0 N–H and O–H groups in total. The maximum atomic E-state index is 8.52. The summed E-state index contributed by atoms with van der Waals surface area (Å²) < 4.78 is 18.7. The van der Waals surface area contributed by atoms with Crippen LogP contribution in [0.4, 0.5) is 0 Å². The normalized spacial score (nSPS) is 12.3. The average molecular weight is 386 g/mol. The highest BCUT2D eigenvalue weighted by molar-refractivity contribution is 6.60. The first kappa shape index (κ1) is 25.6. The first-order valence-electron chi connectivity index (χ1n) is 10.7. The summed E-state index contributed by atoms with van der Waals surface area (Å²) in [6.45, 7) is 12.4. The molecular formula is C21H43NO3Si. The van der Waals surface area contributed by atoms with Crippen molar-refractivity contribution in [3.8, 4) is 6.07 Å². The molecule has 0 saturated heterocycles. The molecule has 4 nitrogen and oxygen atoms in total. The molecule has 154 valence electrons. The Labute approximate surface area is 164 Å². The van der Waals surface area contributed by atoms with Crippen LogP contribution in [0, 0.1) is 11.3 Å². The van der Waals surface area contributed by atoms with Crippen LogP contribution in [-0.4, -0.2) is 27.1 Å². The summed E-state index contributed by atoms with van der Waals surface area (Å²) in [7, 11) is -2.61. The molecule has 0 radical (unpaired) electrons. The zero-order valence-electron chi connectivity index (χ0n) is 18.2. The third-order valence-electron chi connectivity index (χ3n) is 4.02. The van der Waals surface area contributed by atoms with Crippen LogP contribution in [-0.2, 0) is 13.3 Å². The van der Waals surface area contributed by atoms with Gasteiger partial charge in [0.25, 0.3) is 0 Å². The summed E-state index contributed by atoms with van der Waals surface area (Å²) >= 11 is 0. The maximum absolute atomic E-state index is 8.52. The molecule has 0 fully saturated rings. The number of nitriles is 1. The highest BCUT2D eigenvalue weighted by atomic mass is 28.4. The second-order valence-corrected chi connectivity index (χ2v) is 10.6. The van der Waals surface area contributed by atoms with Crippen LogP contribution in [0.1, 0.15) is 106 Å². The summed E-state index contributed by atoms with van der Waals surface area (Å²) in [5, 5.41) is 8.52. The largest absolute Gasteiger partial charge is 0.501 e. The van der Waals surface area contributed by atoms with E-state index in [1.807, 2.05) is 0 Å². The van der Waals surface area contributed by atoms with Crippen LogP contribution >= 0.6 is 0 Å². The fraction of sp³-hybridized carbons (Fsp3) is 0.952. The first-order chi connectivity index (χ1) is 12.3. The monoisotopic (exact) mass is 385 g/mol. The molecule has 0 amide bonds. The number of rotatable bonds is 17. The van der Waals surface area contributed by atoms with E-state index in [2.05, 4.69) is 47.6 Å². The zero-order valence-corrected chi connectivity index (χ0v) is 19.2. The van der Waals surface area contributed by atoms with Crippen molar-refractivity contribution in [2.24, 2.45) is 0 Å². The minimum absolute atomic E-state index is 0.125. The molecule has 0 atom stereocenters. The molecule has 0 bridgehead atoms. The Kier molecular flexibility index (Phi) is 15.4. The maximum Gasteiger partial charge on any atom is 0.501 e. The second-order valence-electron chi connectivity index (χ2n) is 8.02. The second kappa shape index (κ2) is 15.6. The molecule has 0 heterocycles. The van der Waals surface area contributed by atoms with E-state index in [9.17, 15) is 0 Å². The van der Waals surface area contributed by atoms with E-state index >= 15 is 0 Å². The Bertz CT molecular complexity index is 340. The molecule has 0 aliphatic rings. The summed E-state index contributed by atoms with van der Waals surface area (Å²) in [4.78, 5) is 0. The minimum atomic E-state index is -2.61. The van der Waals surface area contributed by atoms with Gasteiger partial charge in [0, 0.05) is 30.8 Å². The van der Waals surface area contributed by atoms with E-state index in [1.54, 1.807) is 0 Å². The minimum Gasteiger partial charge on any atom is -0.371 e. The molecule has 0 aromatic rings. The van der Waals surface area contributed by atoms with Gasteiger partial charge in [-0.25, -0.2) is 0 Å². The highest BCUT2D eigenvalue weighted by Gasteiger charge is 2.43. The molecule has 5 heteroatoms. The van der Waals surface area contributed by atoms with Gasteiger partial charge in [0.05, 0.1) is 6.07 Å². The van der Waals surface area contributed by atoms with Crippen molar-refractivity contribution in [2.75, 3.05) is 0 Å². The van der Waals surface area contributed by atoms with Crippen LogP contribution in [0.15, 0.2) is 0 Å². The molecule has 0 spiro atoms. The van der Waals surface area contributed by atoms with Crippen molar-refractivity contribution in [3.63, 3.8) is 0 Å². The lowest BCUT2D eigenvalue weighted by molar-refractivity contribution is 0.00278. The van der Waals surface area contributed by atoms with Gasteiger partial charge in [-0.15, -0.1) is 0 Å². The molecule has 0 rings (SSSR count).